The summed E-state index contributed by atoms with van der Waals surface area (Å²) in [5.74, 6) is 0.0741. The Morgan fingerprint density at radius 2 is 1.83 bits per heavy atom. The van der Waals surface area contributed by atoms with Crippen molar-refractivity contribution in [3.05, 3.63) is 23.6 Å². The molecule has 0 aliphatic carbocycles. The summed E-state index contributed by atoms with van der Waals surface area (Å²) in [6.07, 6.45) is 5.38. The number of hydrogen-bond donors (Lipinski definition) is 0. The van der Waals surface area contributed by atoms with E-state index in [-0.39, 0.29) is 23.4 Å². The van der Waals surface area contributed by atoms with Crippen molar-refractivity contribution in [2.45, 2.75) is 17.5 Å². The van der Waals surface area contributed by atoms with Gasteiger partial charge in [0.2, 0.25) is 0 Å². The van der Waals surface area contributed by atoms with Crippen LogP contribution in [0.3, 0.4) is 0 Å². The minimum Gasteiger partial charge on any atom is -0.365 e. The molecule has 0 amide bonds. The maximum Gasteiger partial charge on any atom is 0.177 e. The molecule has 0 aromatic rings. The van der Waals surface area contributed by atoms with Crippen LogP contribution >= 0.6 is 0 Å². The van der Waals surface area contributed by atoms with E-state index in [4.69, 9.17) is 4.74 Å². The van der Waals surface area contributed by atoms with Gasteiger partial charge in [-0.25, -0.2) is 8.42 Å². The van der Waals surface area contributed by atoms with Gasteiger partial charge in [0, 0.05) is 11.3 Å². The van der Waals surface area contributed by atoms with Crippen molar-refractivity contribution in [1.82, 2.24) is 0 Å². The first-order chi connectivity index (χ1) is 5.68. The van der Waals surface area contributed by atoms with Crippen LogP contribution in [0.2, 0.25) is 0 Å². The first-order valence-electron chi connectivity index (χ1n) is 3.94. The highest BCUT2D eigenvalue weighted by Gasteiger charge is 2.53. The molecular formula is C8H8O3S. The van der Waals surface area contributed by atoms with Crippen LogP contribution in [-0.2, 0) is 14.6 Å². The van der Waals surface area contributed by atoms with Gasteiger partial charge in [0.15, 0.2) is 9.84 Å². The number of ether oxygens (including phenoxy) is 1. The SMILES string of the molecule is O=S1(=O)C=C[C@H]2[C@@H]1[C@H]1C=C[C@@H]2O1. The number of hydrogen-bond acceptors (Lipinski definition) is 3. The molecule has 0 spiro atoms. The van der Waals surface area contributed by atoms with Gasteiger partial charge in [0.1, 0.15) is 5.25 Å². The Balaban J connectivity index is 2.16. The molecule has 64 valence electrons. The van der Waals surface area contributed by atoms with Gasteiger partial charge in [0.05, 0.1) is 12.2 Å². The average molecular weight is 184 g/mol. The summed E-state index contributed by atoms with van der Waals surface area (Å²) in [5.41, 5.74) is 0. The molecule has 0 saturated carbocycles. The molecular weight excluding hydrogens is 176 g/mol. The van der Waals surface area contributed by atoms with E-state index < -0.39 is 9.84 Å². The topological polar surface area (TPSA) is 43.4 Å². The molecule has 0 aromatic carbocycles. The maximum absolute atomic E-state index is 11.4. The Kier molecular flexibility index (Phi) is 1.04. The zero-order chi connectivity index (χ0) is 8.34. The Bertz CT molecular complexity index is 379. The van der Waals surface area contributed by atoms with Crippen molar-refractivity contribution in [3.8, 4) is 0 Å². The molecule has 0 aromatic heterocycles. The van der Waals surface area contributed by atoms with Gasteiger partial charge in [-0.05, 0) is 0 Å². The molecule has 12 heavy (non-hydrogen) atoms. The van der Waals surface area contributed by atoms with Crippen molar-refractivity contribution in [3.63, 3.8) is 0 Å². The van der Waals surface area contributed by atoms with Gasteiger partial charge in [-0.3, -0.25) is 0 Å². The van der Waals surface area contributed by atoms with Crippen molar-refractivity contribution >= 4 is 9.84 Å². The van der Waals surface area contributed by atoms with Gasteiger partial charge in [-0.15, -0.1) is 0 Å². The summed E-state index contributed by atoms with van der Waals surface area (Å²) in [6.45, 7) is 0. The van der Waals surface area contributed by atoms with E-state index in [1.165, 1.54) is 5.41 Å². The third-order valence-corrected chi connectivity index (χ3v) is 4.63. The molecule has 3 nitrogen and oxygen atoms in total. The van der Waals surface area contributed by atoms with E-state index >= 15 is 0 Å². The first-order valence-corrected chi connectivity index (χ1v) is 5.55. The highest BCUT2D eigenvalue weighted by Crippen LogP contribution is 2.42. The first kappa shape index (κ1) is 6.86. The highest BCUT2D eigenvalue weighted by atomic mass is 32.2. The number of fused-ring (bicyclic) bond motifs is 5. The largest absolute Gasteiger partial charge is 0.365 e. The number of rotatable bonds is 0. The van der Waals surface area contributed by atoms with Gasteiger partial charge >= 0.3 is 0 Å². The van der Waals surface area contributed by atoms with E-state index in [1.54, 1.807) is 6.08 Å². The fourth-order valence-corrected chi connectivity index (χ4v) is 4.01. The smallest absolute Gasteiger partial charge is 0.177 e. The lowest BCUT2D eigenvalue weighted by Crippen LogP contribution is -2.30. The van der Waals surface area contributed by atoms with Crippen LogP contribution in [-0.4, -0.2) is 25.9 Å². The monoisotopic (exact) mass is 184 g/mol. The molecule has 3 aliphatic rings. The average Bonchev–Trinajstić information content (AvgIpc) is 2.61. The van der Waals surface area contributed by atoms with Crippen LogP contribution in [0.5, 0.6) is 0 Å². The van der Waals surface area contributed by atoms with E-state index in [0.29, 0.717) is 0 Å². The Labute approximate surface area is 70.6 Å². The van der Waals surface area contributed by atoms with Crippen LogP contribution in [0.25, 0.3) is 0 Å². The third kappa shape index (κ3) is 0.630. The second-order valence-corrected chi connectivity index (χ2v) is 5.40. The minimum absolute atomic E-state index is 0.00789. The third-order valence-electron chi connectivity index (χ3n) is 2.76. The molecule has 0 radical (unpaired) electrons. The lowest BCUT2D eigenvalue weighted by Gasteiger charge is -2.14. The lowest BCUT2D eigenvalue weighted by atomic mass is 9.94. The van der Waals surface area contributed by atoms with Crippen molar-refractivity contribution in [2.24, 2.45) is 5.92 Å². The van der Waals surface area contributed by atoms with Crippen LogP contribution in [0, 0.1) is 5.92 Å². The van der Waals surface area contributed by atoms with Crippen molar-refractivity contribution in [1.29, 1.82) is 0 Å². The molecule has 2 bridgehead atoms. The lowest BCUT2D eigenvalue weighted by molar-refractivity contribution is 0.114. The molecule has 1 saturated heterocycles. The van der Waals surface area contributed by atoms with Crippen molar-refractivity contribution in [2.75, 3.05) is 0 Å². The summed E-state index contributed by atoms with van der Waals surface area (Å²) in [6, 6.07) is 0. The van der Waals surface area contributed by atoms with Gasteiger partial charge < -0.3 is 4.74 Å². The van der Waals surface area contributed by atoms with Crippen LogP contribution in [0.4, 0.5) is 0 Å². The summed E-state index contributed by atoms with van der Waals surface area (Å²) in [5, 5.41) is 1.00. The highest BCUT2D eigenvalue weighted by molar-refractivity contribution is 7.95. The number of sulfone groups is 1. The second kappa shape index (κ2) is 1.83. The Morgan fingerprint density at radius 3 is 2.58 bits per heavy atom. The fraction of sp³-hybridized carbons (Fsp3) is 0.500. The fourth-order valence-electron chi connectivity index (χ4n) is 2.22. The summed E-state index contributed by atoms with van der Waals surface area (Å²) in [4.78, 5) is 0. The zero-order valence-corrected chi connectivity index (χ0v) is 7.07. The second-order valence-electron chi connectivity index (χ2n) is 3.41. The van der Waals surface area contributed by atoms with Crippen LogP contribution < -0.4 is 0 Å². The van der Waals surface area contributed by atoms with Gasteiger partial charge in [0.25, 0.3) is 0 Å². The quantitative estimate of drug-likeness (QED) is 0.507. The molecule has 3 heterocycles. The standard InChI is InChI=1S/C8H8O3S/c9-12(10)4-3-5-6-1-2-7(11-6)8(5)12/h1-8H/t5-,6+,7-,8-/m1/s1. The van der Waals surface area contributed by atoms with Gasteiger partial charge in [-0.1, -0.05) is 18.2 Å². The zero-order valence-electron chi connectivity index (χ0n) is 6.25. The Hall–Kier alpha value is -0.610. The van der Waals surface area contributed by atoms with E-state index in [0.717, 1.165) is 0 Å². The predicted octanol–water partition coefficient (Wildman–Crippen LogP) is 0.250. The summed E-state index contributed by atoms with van der Waals surface area (Å²) in [7, 11) is -3.01. The molecule has 3 aliphatic heterocycles. The minimum atomic E-state index is -3.01. The molecule has 4 atom stereocenters. The van der Waals surface area contributed by atoms with E-state index in [1.807, 2.05) is 12.2 Å². The van der Waals surface area contributed by atoms with Crippen LogP contribution in [0.15, 0.2) is 23.6 Å². The molecule has 0 unspecified atom stereocenters. The van der Waals surface area contributed by atoms with Crippen molar-refractivity contribution < 1.29 is 13.2 Å². The predicted molar refractivity (Wildman–Crippen MR) is 43.1 cm³/mol. The van der Waals surface area contributed by atoms with Gasteiger partial charge in [-0.2, -0.15) is 0 Å². The maximum atomic E-state index is 11.4. The van der Waals surface area contributed by atoms with E-state index in [9.17, 15) is 8.42 Å². The molecule has 0 N–H and O–H groups in total. The summed E-state index contributed by atoms with van der Waals surface area (Å²) < 4.78 is 28.3. The summed E-state index contributed by atoms with van der Waals surface area (Å²) >= 11 is 0. The molecule has 3 rings (SSSR count). The Morgan fingerprint density at radius 1 is 1.08 bits per heavy atom. The van der Waals surface area contributed by atoms with Crippen LogP contribution in [0.1, 0.15) is 0 Å². The normalized spacial score (nSPS) is 51.7. The van der Waals surface area contributed by atoms with E-state index in [2.05, 4.69) is 0 Å². The molecule has 4 heteroatoms. The molecule has 1 fully saturated rings.